The van der Waals surface area contributed by atoms with Gasteiger partial charge in [-0.25, -0.2) is 0 Å². The van der Waals surface area contributed by atoms with E-state index in [4.69, 9.17) is 4.74 Å². The molecule has 94 valence electrons. The van der Waals surface area contributed by atoms with Crippen LogP contribution in [0.2, 0.25) is 0 Å². The maximum Gasteiger partial charge on any atom is 0.204 e. The monoisotopic (exact) mass is 236 g/mol. The summed E-state index contributed by atoms with van der Waals surface area (Å²) in [4.78, 5) is 12.0. The average molecular weight is 236 g/mol. The third kappa shape index (κ3) is 2.96. The molecule has 1 fully saturated rings. The van der Waals surface area contributed by atoms with Gasteiger partial charge in [-0.2, -0.15) is 0 Å². The minimum atomic E-state index is 0.0791. The fourth-order valence-corrected chi connectivity index (χ4v) is 2.30. The second kappa shape index (κ2) is 5.98. The lowest BCUT2D eigenvalue weighted by atomic mass is 10.1. The van der Waals surface area contributed by atoms with Gasteiger partial charge in [0.25, 0.3) is 0 Å². The van der Waals surface area contributed by atoms with Gasteiger partial charge in [0.1, 0.15) is 6.61 Å². The standard InChI is InChI=1S/C13H20N2O2/c1-2-17-10-13(16)12-4-3-9-15(12)11-5-7-14-8-6-11/h3-4,9,11,14H,2,5-8,10H2,1H3. The van der Waals surface area contributed by atoms with Crippen molar-refractivity contribution in [2.45, 2.75) is 25.8 Å². The number of hydrogen-bond acceptors (Lipinski definition) is 3. The first kappa shape index (κ1) is 12.3. The van der Waals surface area contributed by atoms with Gasteiger partial charge in [-0.1, -0.05) is 0 Å². The molecule has 0 unspecified atom stereocenters. The number of Topliss-reactive ketones (excluding diaryl/α,β-unsaturated/α-hetero) is 1. The Hall–Kier alpha value is -1.13. The smallest absolute Gasteiger partial charge is 0.204 e. The van der Waals surface area contributed by atoms with E-state index in [0.29, 0.717) is 12.6 Å². The molecule has 0 saturated carbocycles. The number of carbonyl (C=O) groups excluding carboxylic acids is 1. The van der Waals surface area contributed by atoms with Crippen LogP contribution in [0.3, 0.4) is 0 Å². The molecular weight excluding hydrogens is 216 g/mol. The number of piperidine rings is 1. The Bertz CT molecular complexity index is 367. The van der Waals surface area contributed by atoms with Crippen LogP contribution in [0.1, 0.15) is 36.3 Å². The summed E-state index contributed by atoms with van der Waals surface area (Å²) in [6.45, 7) is 4.73. The third-order valence-corrected chi connectivity index (χ3v) is 3.20. The van der Waals surface area contributed by atoms with Crippen molar-refractivity contribution < 1.29 is 9.53 Å². The molecule has 1 N–H and O–H groups in total. The minimum absolute atomic E-state index is 0.0791. The van der Waals surface area contributed by atoms with Crippen LogP contribution in [0.4, 0.5) is 0 Å². The van der Waals surface area contributed by atoms with Gasteiger partial charge in [-0.3, -0.25) is 4.79 Å². The zero-order valence-corrected chi connectivity index (χ0v) is 10.3. The largest absolute Gasteiger partial charge is 0.374 e. The molecule has 1 aromatic heterocycles. The molecule has 17 heavy (non-hydrogen) atoms. The Morgan fingerprint density at radius 3 is 3.00 bits per heavy atom. The molecule has 0 aliphatic carbocycles. The number of hydrogen-bond donors (Lipinski definition) is 1. The second-order valence-corrected chi connectivity index (χ2v) is 4.34. The lowest BCUT2D eigenvalue weighted by molar-refractivity contribution is 0.0771. The second-order valence-electron chi connectivity index (χ2n) is 4.34. The first-order valence-corrected chi connectivity index (χ1v) is 6.31. The van der Waals surface area contributed by atoms with Crippen LogP contribution in [0, 0.1) is 0 Å². The van der Waals surface area contributed by atoms with Crippen molar-refractivity contribution in [3.05, 3.63) is 24.0 Å². The molecule has 0 spiro atoms. The summed E-state index contributed by atoms with van der Waals surface area (Å²) < 4.78 is 7.30. The molecule has 2 heterocycles. The number of nitrogens with zero attached hydrogens (tertiary/aromatic N) is 1. The van der Waals surface area contributed by atoms with Crippen molar-refractivity contribution in [2.75, 3.05) is 26.3 Å². The lowest BCUT2D eigenvalue weighted by Gasteiger charge is -2.25. The Balaban J connectivity index is 2.07. The highest BCUT2D eigenvalue weighted by molar-refractivity contribution is 5.95. The number of nitrogens with one attached hydrogen (secondary N) is 1. The molecular formula is C13H20N2O2. The Labute approximate surface area is 102 Å². The van der Waals surface area contributed by atoms with Gasteiger partial charge in [-0.15, -0.1) is 0 Å². The van der Waals surface area contributed by atoms with Crippen molar-refractivity contribution in [3.63, 3.8) is 0 Å². The van der Waals surface area contributed by atoms with Gasteiger partial charge in [0.15, 0.2) is 0 Å². The van der Waals surface area contributed by atoms with Crippen molar-refractivity contribution in [3.8, 4) is 0 Å². The van der Waals surface area contributed by atoms with E-state index in [9.17, 15) is 4.79 Å². The fourth-order valence-electron chi connectivity index (χ4n) is 2.30. The molecule has 4 heteroatoms. The number of carbonyl (C=O) groups is 1. The van der Waals surface area contributed by atoms with Crippen LogP contribution in [0.15, 0.2) is 18.3 Å². The molecule has 4 nitrogen and oxygen atoms in total. The van der Waals surface area contributed by atoms with Gasteiger partial charge < -0.3 is 14.6 Å². The van der Waals surface area contributed by atoms with E-state index in [0.717, 1.165) is 31.6 Å². The quantitative estimate of drug-likeness (QED) is 0.790. The predicted molar refractivity (Wildman–Crippen MR) is 66.4 cm³/mol. The summed E-state index contributed by atoms with van der Waals surface area (Å²) in [5, 5.41) is 3.34. The van der Waals surface area contributed by atoms with E-state index >= 15 is 0 Å². The van der Waals surface area contributed by atoms with Gasteiger partial charge in [0, 0.05) is 18.8 Å². The van der Waals surface area contributed by atoms with Crippen molar-refractivity contribution >= 4 is 5.78 Å². The van der Waals surface area contributed by atoms with Crippen molar-refractivity contribution in [2.24, 2.45) is 0 Å². The van der Waals surface area contributed by atoms with Gasteiger partial charge in [-0.05, 0) is 45.0 Å². The molecule has 0 aromatic carbocycles. The van der Waals surface area contributed by atoms with Gasteiger partial charge >= 0.3 is 0 Å². The van der Waals surface area contributed by atoms with Gasteiger partial charge in [0.05, 0.1) is 5.69 Å². The number of rotatable bonds is 5. The molecule has 2 rings (SSSR count). The Kier molecular flexibility index (Phi) is 4.34. The predicted octanol–water partition coefficient (Wildman–Crippen LogP) is 1.63. The molecule has 0 bridgehead atoms. The van der Waals surface area contributed by atoms with E-state index in [1.165, 1.54) is 0 Å². The van der Waals surface area contributed by atoms with E-state index in [-0.39, 0.29) is 12.4 Å². The summed E-state index contributed by atoms with van der Waals surface area (Å²) in [7, 11) is 0. The fraction of sp³-hybridized carbons (Fsp3) is 0.615. The number of aromatic nitrogens is 1. The molecule has 1 aliphatic rings. The zero-order chi connectivity index (χ0) is 12.1. The third-order valence-electron chi connectivity index (χ3n) is 3.20. The minimum Gasteiger partial charge on any atom is -0.374 e. The Morgan fingerprint density at radius 1 is 1.53 bits per heavy atom. The maximum atomic E-state index is 12.0. The highest BCUT2D eigenvalue weighted by Crippen LogP contribution is 2.21. The van der Waals surface area contributed by atoms with E-state index < -0.39 is 0 Å². The molecule has 0 atom stereocenters. The van der Waals surface area contributed by atoms with Gasteiger partial charge in [0.2, 0.25) is 5.78 Å². The number of ketones is 1. The van der Waals surface area contributed by atoms with Crippen molar-refractivity contribution in [1.82, 2.24) is 9.88 Å². The van der Waals surface area contributed by atoms with Crippen LogP contribution in [0.5, 0.6) is 0 Å². The van der Waals surface area contributed by atoms with Crippen LogP contribution in [-0.4, -0.2) is 36.7 Å². The first-order valence-electron chi connectivity index (χ1n) is 6.31. The molecule has 0 radical (unpaired) electrons. The summed E-state index contributed by atoms with van der Waals surface area (Å²) in [6, 6.07) is 4.29. The normalized spacial score (nSPS) is 17.2. The summed E-state index contributed by atoms with van der Waals surface area (Å²) in [5.41, 5.74) is 0.783. The maximum absolute atomic E-state index is 12.0. The van der Waals surface area contributed by atoms with Crippen LogP contribution in [-0.2, 0) is 4.74 Å². The topological polar surface area (TPSA) is 43.3 Å². The average Bonchev–Trinajstić information content (AvgIpc) is 2.86. The first-order chi connectivity index (χ1) is 8.33. The summed E-state index contributed by atoms with van der Waals surface area (Å²) >= 11 is 0. The zero-order valence-electron chi connectivity index (χ0n) is 10.3. The Morgan fingerprint density at radius 2 is 2.29 bits per heavy atom. The highest BCUT2D eigenvalue weighted by atomic mass is 16.5. The molecule has 1 saturated heterocycles. The highest BCUT2D eigenvalue weighted by Gasteiger charge is 2.19. The van der Waals surface area contributed by atoms with Crippen LogP contribution < -0.4 is 5.32 Å². The summed E-state index contributed by atoms with van der Waals surface area (Å²) in [6.07, 6.45) is 4.18. The molecule has 1 aliphatic heterocycles. The van der Waals surface area contributed by atoms with Crippen molar-refractivity contribution in [1.29, 1.82) is 0 Å². The number of ether oxygens (including phenoxy) is 1. The van der Waals surface area contributed by atoms with Crippen LogP contribution >= 0.6 is 0 Å². The van der Waals surface area contributed by atoms with E-state index in [1.54, 1.807) is 0 Å². The lowest BCUT2D eigenvalue weighted by Crippen LogP contribution is -2.30. The van der Waals surface area contributed by atoms with Crippen LogP contribution in [0.25, 0.3) is 0 Å². The molecule has 0 amide bonds. The van der Waals surface area contributed by atoms with E-state index in [2.05, 4.69) is 9.88 Å². The van der Waals surface area contributed by atoms with E-state index in [1.807, 2.05) is 25.3 Å². The SMILES string of the molecule is CCOCC(=O)c1cccn1C1CCNCC1. The molecule has 1 aromatic rings. The summed E-state index contributed by atoms with van der Waals surface area (Å²) in [5.74, 6) is 0.0791.